The summed E-state index contributed by atoms with van der Waals surface area (Å²) in [5.41, 5.74) is 4.05. The lowest BCUT2D eigenvalue weighted by molar-refractivity contribution is 0.532. The van der Waals surface area contributed by atoms with E-state index in [2.05, 4.69) is 66.4 Å². The van der Waals surface area contributed by atoms with Gasteiger partial charge in [0.25, 0.3) is 0 Å². The molecule has 98 valence electrons. The second-order valence-electron chi connectivity index (χ2n) is 4.81. The predicted molar refractivity (Wildman–Crippen MR) is 84.2 cm³/mol. The maximum Gasteiger partial charge on any atom is 0.0684 e. The van der Waals surface area contributed by atoms with Crippen molar-refractivity contribution in [1.82, 2.24) is 10.3 Å². The fraction of sp³-hybridized carbons (Fsp3) is 0.267. The zero-order chi connectivity index (χ0) is 13.2. The number of hydrogen-bond acceptors (Lipinski definition) is 2. The van der Waals surface area contributed by atoms with Crippen LogP contribution in [0.25, 0.3) is 0 Å². The minimum atomic E-state index is 0.658. The molecular weight excluding hydrogens is 368 g/mol. The Morgan fingerprint density at radius 3 is 2.89 bits per heavy atom. The maximum atomic E-state index is 4.41. The second-order valence-corrected chi connectivity index (χ2v) is 6.58. The van der Waals surface area contributed by atoms with Gasteiger partial charge in [0.1, 0.15) is 0 Å². The molecule has 1 aromatic heterocycles. The molecule has 1 N–H and O–H groups in total. The number of pyridine rings is 1. The molecule has 1 aromatic carbocycles. The van der Waals surface area contributed by atoms with Crippen molar-refractivity contribution in [1.29, 1.82) is 0 Å². The van der Waals surface area contributed by atoms with Gasteiger partial charge in [-0.15, -0.1) is 0 Å². The predicted octanol–water partition coefficient (Wildman–Crippen LogP) is 4.04. The Labute approximate surface area is 129 Å². The topological polar surface area (TPSA) is 24.9 Å². The van der Waals surface area contributed by atoms with E-state index in [1.165, 1.54) is 17.5 Å². The van der Waals surface area contributed by atoms with Gasteiger partial charge in [0.05, 0.1) is 5.69 Å². The van der Waals surface area contributed by atoms with Crippen LogP contribution in [0.4, 0.5) is 0 Å². The number of halogens is 2. The molecule has 1 heterocycles. The Hall–Kier alpha value is -0.710. The molecule has 3 rings (SSSR count). The highest BCUT2D eigenvalue weighted by atomic mass is 79.9. The van der Waals surface area contributed by atoms with Crippen molar-refractivity contribution in [3.63, 3.8) is 0 Å². The fourth-order valence-corrected chi connectivity index (χ4v) is 3.61. The summed E-state index contributed by atoms with van der Waals surface area (Å²) in [6.07, 6.45) is 3.03. The van der Waals surface area contributed by atoms with Gasteiger partial charge < -0.3 is 5.32 Å². The third kappa shape index (κ3) is 2.91. The number of rotatable bonds is 4. The van der Waals surface area contributed by atoms with Gasteiger partial charge in [0.2, 0.25) is 0 Å². The SMILES string of the molecule is Brc1cnc(CNCC2Cc3ccccc32)c(Br)c1. The molecule has 2 nitrogen and oxygen atoms in total. The number of aromatic nitrogens is 1. The molecular formula is C15H14Br2N2. The van der Waals surface area contributed by atoms with Gasteiger partial charge in [0, 0.05) is 34.1 Å². The standard InChI is InChI=1S/C15H14Br2N2/c16-12-6-14(17)15(19-8-12)9-18-7-11-5-10-3-1-2-4-13(10)11/h1-4,6,8,11,18H,5,7,9H2. The molecule has 0 bridgehead atoms. The molecule has 0 aliphatic heterocycles. The first-order valence-electron chi connectivity index (χ1n) is 6.32. The quantitative estimate of drug-likeness (QED) is 0.864. The summed E-state index contributed by atoms with van der Waals surface area (Å²) in [6.45, 7) is 1.81. The highest BCUT2D eigenvalue weighted by Gasteiger charge is 2.24. The number of nitrogens with zero attached hydrogens (tertiary/aromatic N) is 1. The molecule has 1 aliphatic carbocycles. The molecule has 0 radical (unpaired) electrons. The summed E-state index contributed by atoms with van der Waals surface area (Å²) in [5.74, 6) is 0.658. The normalized spacial score (nSPS) is 16.8. The van der Waals surface area contributed by atoms with Crippen LogP contribution in [0.5, 0.6) is 0 Å². The van der Waals surface area contributed by atoms with Gasteiger partial charge in [-0.25, -0.2) is 0 Å². The van der Waals surface area contributed by atoms with Crippen LogP contribution >= 0.6 is 31.9 Å². The molecule has 1 atom stereocenters. The summed E-state index contributed by atoms with van der Waals surface area (Å²) in [6, 6.07) is 10.7. The Bertz CT molecular complexity index is 598. The number of fused-ring (bicyclic) bond motifs is 1. The zero-order valence-electron chi connectivity index (χ0n) is 10.4. The van der Waals surface area contributed by atoms with Crippen molar-refractivity contribution >= 4 is 31.9 Å². The van der Waals surface area contributed by atoms with E-state index in [1.807, 2.05) is 12.3 Å². The molecule has 0 spiro atoms. The van der Waals surface area contributed by atoms with Crippen LogP contribution in [0.15, 0.2) is 45.5 Å². The summed E-state index contributed by atoms with van der Waals surface area (Å²) in [7, 11) is 0. The van der Waals surface area contributed by atoms with Crippen molar-refractivity contribution < 1.29 is 0 Å². The van der Waals surface area contributed by atoms with Gasteiger partial charge in [-0.2, -0.15) is 0 Å². The molecule has 1 unspecified atom stereocenters. The van der Waals surface area contributed by atoms with E-state index in [0.717, 1.165) is 27.7 Å². The largest absolute Gasteiger partial charge is 0.311 e. The lowest BCUT2D eigenvalue weighted by atomic mass is 9.77. The van der Waals surface area contributed by atoms with Crippen LogP contribution in [-0.2, 0) is 13.0 Å². The molecule has 0 saturated heterocycles. The third-order valence-corrected chi connectivity index (χ3v) is 4.65. The maximum absolute atomic E-state index is 4.41. The third-order valence-electron chi connectivity index (χ3n) is 3.53. The Morgan fingerprint density at radius 1 is 1.26 bits per heavy atom. The molecule has 0 saturated carbocycles. The van der Waals surface area contributed by atoms with E-state index in [4.69, 9.17) is 0 Å². The number of nitrogens with one attached hydrogen (secondary N) is 1. The number of benzene rings is 1. The van der Waals surface area contributed by atoms with Crippen LogP contribution in [-0.4, -0.2) is 11.5 Å². The van der Waals surface area contributed by atoms with Crippen LogP contribution in [0.1, 0.15) is 22.7 Å². The monoisotopic (exact) mass is 380 g/mol. The lowest BCUT2D eigenvalue weighted by Crippen LogP contribution is -2.29. The van der Waals surface area contributed by atoms with Crippen molar-refractivity contribution in [3.05, 3.63) is 62.3 Å². The molecule has 4 heteroatoms. The zero-order valence-corrected chi connectivity index (χ0v) is 13.5. The van der Waals surface area contributed by atoms with Crippen molar-refractivity contribution in [3.8, 4) is 0 Å². The van der Waals surface area contributed by atoms with E-state index < -0.39 is 0 Å². The molecule has 0 fully saturated rings. The molecule has 0 amide bonds. The van der Waals surface area contributed by atoms with E-state index in [9.17, 15) is 0 Å². The Kier molecular flexibility index (Phi) is 4.01. The lowest BCUT2D eigenvalue weighted by Gasteiger charge is -2.30. The molecule has 1 aliphatic rings. The van der Waals surface area contributed by atoms with Crippen molar-refractivity contribution in [2.45, 2.75) is 18.9 Å². The molecule has 19 heavy (non-hydrogen) atoms. The van der Waals surface area contributed by atoms with Gasteiger partial charge in [0.15, 0.2) is 0 Å². The van der Waals surface area contributed by atoms with E-state index in [1.54, 1.807) is 0 Å². The first-order chi connectivity index (χ1) is 9.24. The van der Waals surface area contributed by atoms with E-state index in [0.29, 0.717) is 5.92 Å². The summed E-state index contributed by atoms with van der Waals surface area (Å²) in [5, 5.41) is 3.50. The average molecular weight is 382 g/mol. The smallest absolute Gasteiger partial charge is 0.0684 e. The highest BCUT2D eigenvalue weighted by Crippen LogP contribution is 2.34. The average Bonchev–Trinajstić information content (AvgIpc) is 2.37. The van der Waals surface area contributed by atoms with Gasteiger partial charge >= 0.3 is 0 Å². The summed E-state index contributed by atoms with van der Waals surface area (Å²) < 4.78 is 2.04. The molecule has 2 aromatic rings. The van der Waals surface area contributed by atoms with Crippen LogP contribution in [0.3, 0.4) is 0 Å². The van der Waals surface area contributed by atoms with Crippen LogP contribution in [0.2, 0.25) is 0 Å². The minimum absolute atomic E-state index is 0.658. The van der Waals surface area contributed by atoms with Crippen molar-refractivity contribution in [2.75, 3.05) is 6.54 Å². The summed E-state index contributed by atoms with van der Waals surface area (Å²) in [4.78, 5) is 4.41. The van der Waals surface area contributed by atoms with Gasteiger partial charge in [-0.1, -0.05) is 24.3 Å². The Balaban J connectivity index is 1.55. The van der Waals surface area contributed by atoms with Crippen molar-refractivity contribution in [2.24, 2.45) is 0 Å². The number of hydrogen-bond donors (Lipinski definition) is 1. The first kappa shape index (κ1) is 13.3. The van der Waals surface area contributed by atoms with E-state index in [-0.39, 0.29) is 0 Å². The first-order valence-corrected chi connectivity index (χ1v) is 7.91. The summed E-state index contributed by atoms with van der Waals surface area (Å²) >= 11 is 6.95. The van der Waals surface area contributed by atoms with Crippen LogP contribution in [0, 0.1) is 0 Å². The fourth-order valence-electron chi connectivity index (χ4n) is 2.48. The highest BCUT2D eigenvalue weighted by molar-refractivity contribution is 9.11. The van der Waals surface area contributed by atoms with Gasteiger partial charge in [-0.3, -0.25) is 4.98 Å². The Morgan fingerprint density at radius 2 is 2.11 bits per heavy atom. The second kappa shape index (κ2) is 5.73. The van der Waals surface area contributed by atoms with Gasteiger partial charge in [-0.05, 0) is 55.5 Å². The van der Waals surface area contributed by atoms with E-state index >= 15 is 0 Å². The van der Waals surface area contributed by atoms with Crippen LogP contribution < -0.4 is 5.32 Å². The minimum Gasteiger partial charge on any atom is -0.311 e.